The average Bonchev–Trinajstić information content (AvgIpc) is 2.93. The standard InChI is InChI=1S/C15H19ClN4O2/c1-22-9-8-17-10-15(21)19-14-6-7-18-20(14)11-12-2-4-13(16)5-3-12/h2-7,17H,8-11H2,1H3,(H,19,21). The van der Waals surface area contributed by atoms with Gasteiger partial charge in [0, 0.05) is 24.7 Å². The summed E-state index contributed by atoms with van der Waals surface area (Å²) in [6.45, 7) is 2.00. The van der Waals surface area contributed by atoms with Crippen molar-refractivity contribution < 1.29 is 9.53 Å². The van der Waals surface area contributed by atoms with E-state index in [2.05, 4.69) is 15.7 Å². The smallest absolute Gasteiger partial charge is 0.239 e. The highest BCUT2D eigenvalue weighted by Gasteiger charge is 2.07. The summed E-state index contributed by atoms with van der Waals surface area (Å²) in [5.41, 5.74) is 1.06. The van der Waals surface area contributed by atoms with Crippen molar-refractivity contribution in [1.82, 2.24) is 15.1 Å². The molecule has 0 aliphatic heterocycles. The number of hydrogen-bond donors (Lipinski definition) is 2. The molecule has 1 aromatic carbocycles. The molecule has 2 rings (SSSR count). The second kappa shape index (κ2) is 8.53. The Labute approximate surface area is 134 Å². The number of aromatic nitrogens is 2. The molecule has 1 heterocycles. The van der Waals surface area contributed by atoms with Crippen molar-refractivity contribution in [3.8, 4) is 0 Å². The molecule has 1 aromatic heterocycles. The van der Waals surface area contributed by atoms with Crippen LogP contribution in [0.5, 0.6) is 0 Å². The average molecular weight is 323 g/mol. The molecule has 0 unspecified atom stereocenters. The molecule has 0 aliphatic rings. The van der Waals surface area contributed by atoms with Crippen LogP contribution < -0.4 is 10.6 Å². The molecule has 0 radical (unpaired) electrons. The Morgan fingerprint density at radius 3 is 2.82 bits per heavy atom. The minimum atomic E-state index is -0.117. The molecule has 0 bridgehead atoms. The first-order valence-corrected chi connectivity index (χ1v) is 7.32. The Hall–Kier alpha value is -1.89. The highest BCUT2D eigenvalue weighted by Crippen LogP contribution is 2.13. The number of halogens is 1. The lowest BCUT2D eigenvalue weighted by molar-refractivity contribution is -0.115. The zero-order chi connectivity index (χ0) is 15.8. The molecule has 0 spiro atoms. The van der Waals surface area contributed by atoms with Crippen LogP contribution in [0.4, 0.5) is 5.82 Å². The maximum Gasteiger partial charge on any atom is 0.239 e. The van der Waals surface area contributed by atoms with Crippen molar-refractivity contribution in [2.24, 2.45) is 0 Å². The number of carbonyl (C=O) groups is 1. The number of ether oxygens (including phenoxy) is 1. The molecular formula is C15H19ClN4O2. The number of carbonyl (C=O) groups excluding carboxylic acids is 1. The molecule has 0 saturated carbocycles. The third-order valence-electron chi connectivity index (χ3n) is 3.00. The van der Waals surface area contributed by atoms with Crippen LogP contribution in [-0.2, 0) is 16.1 Å². The van der Waals surface area contributed by atoms with Crippen molar-refractivity contribution in [3.05, 3.63) is 47.1 Å². The minimum Gasteiger partial charge on any atom is -0.383 e. The third-order valence-corrected chi connectivity index (χ3v) is 3.25. The summed E-state index contributed by atoms with van der Waals surface area (Å²) in [6, 6.07) is 9.30. The van der Waals surface area contributed by atoms with Gasteiger partial charge in [-0.3, -0.25) is 4.79 Å². The van der Waals surface area contributed by atoms with Gasteiger partial charge in [0.1, 0.15) is 5.82 Å². The summed E-state index contributed by atoms with van der Waals surface area (Å²) in [5.74, 6) is 0.544. The highest BCUT2D eigenvalue weighted by atomic mass is 35.5. The summed E-state index contributed by atoms with van der Waals surface area (Å²) >= 11 is 5.87. The van der Waals surface area contributed by atoms with Gasteiger partial charge in [-0.2, -0.15) is 5.10 Å². The van der Waals surface area contributed by atoms with Gasteiger partial charge in [-0.1, -0.05) is 23.7 Å². The van der Waals surface area contributed by atoms with Crippen LogP contribution >= 0.6 is 11.6 Å². The number of benzene rings is 1. The lowest BCUT2D eigenvalue weighted by atomic mass is 10.2. The number of anilines is 1. The van der Waals surface area contributed by atoms with Gasteiger partial charge in [0.25, 0.3) is 0 Å². The number of amides is 1. The van der Waals surface area contributed by atoms with E-state index in [1.165, 1.54) is 0 Å². The van der Waals surface area contributed by atoms with E-state index in [1.54, 1.807) is 24.1 Å². The number of rotatable bonds is 8. The molecule has 0 aliphatic carbocycles. The van der Waals surface area contributed by atoms with Gasteiger partial charge in [-0.05, 0) is 17.7 Å². The van der Waals surface area contributed by atoms with E-state index in [4.69, 9.17) is 16.3 Å². The molecule has 22 heavy (non-hydrogen) atoms. The van der Waals surface area contributed by atoms with E-state index in [0.717, 1.165) is 5.56 Å². The van der Waals surface area contributed by atoms with Crippen molar-refractivity contribution in [2.45, 2.75) is 6.54 Å². The lowest BCUT2D eigenvalue weighted by Gasteiger charge is -2.10. The third kappa shape index (κ3) is 5.14. The van der Waals surface area contributed by atoms with Crippen LogP contribution in [0, 0.1) is 0 Å². The van der Waals surface area contributed by atoms with Gasteiger partial charge < -0.3 is 15.4 Å². The second-order valence-corrected chi connectivity index (χ2v) is 5.15. The first-order valence-electron chi connectivity index (χ1n) is 6.95. The monoisotopic (exact) mass is 322 g/mol. The van der Waals surface area contributed by atoms with Crippen LogP contribution in [-0.4, -0.2) is 42.5 Å². The first-order chi connectivity index (χ1) is 10.7. The van der Waals surface area contributed by atoms with E-state index >= 15 is 0 Å². The number of nitrogens with one attached hydrogen (secondary N) is 2. The van der Waals surface area contributed by atoms with E-state index in [1.807, 2.05) is 24.3 Å². The van der Waals surface area contributed by atoms with Crippen LogP contribution in [0.15, 0.2) is 36.5 Å². The van der Waals surface area contributed by atoms with Gasteiger partial charge in [0.15, 0.2) is 0 Å². The van der Waals surface area contributed by atoms with Crippen molar-refractivity contribution in [2.75, 3.05) is 32.1 Å². The van der Waals surface area contributed by atoms with Gasteiger partial charge in [0.05, 0.1) is 25.9 Å². The van der Waals surface area contributed by atoms with Crippen LogP contribution in [0.2, 0.25) is 5.02 Å². The summed E-state index contributed by atoms with van der Waals surface area (Å²) in [5, 5.41) is 10.7. The molecule has 2 aromatic rings. The van der Waals surface area contributed by atoms with Crippen LogP contribution in [0.25, 0.3) is 0 Å². The predicted molar refractivity (Wildman–Crippen MR) is 86.2 cm³/mol. The molecule has 1 amide bonds. The number of nitrogens with zero attached hydrogens (tertiary/aromatic N) is 2. The van der Waals surface area contributed by atoms with Crippen molar-refractivity contribution in [3.63, 3.8) is 0 Å². The summed E-state index contributed by atoms with van der Waals surface area (Å²) in [6.07, 6.45) is 1.66. The predicted octanol–water partition coefficient (Wildman–Crippen LogP) is 1.76. The Morgan fingerprint density at radius 2 is 2.09 bits per heavy atom. The zero-order valence-electron chi connectivity index (χ0n) is 12.4. The first kappa shape index (κ1) is 16.5. The number of hydrogen-bond acceptors (Lipinski definition) is 4. The Morgan fingerprint density at radius 1 is 1.32 bits per heavy atom. The second-order valence-electron chi connectivity index (χ2n) is 4.72. The van der Waals surface area contributed by atoms with Gasteiger partial charge in [-0.15, -0.1) is 0 Å². The van der Waals surface area contributed by atoms with E-state index < -0.39 is 0 Å². The van der Waals surface area contributed by atoms with E-state index in [0.29, 0.717) is 30.5 Å². The number of methoxy groups -OCH3 is 1. The van der Waals surface area contributed by atoms with Crippen LogP contribution in [0.1, 0.15) is 5.56 Å². The SMILES string of the molecule is COCCNCC(=O)Nc1ccnn1Cc1ccc(Cl)cc1. The highest BCUT2D eigenvalue weighted by molar-refractivity contribution is 6.30. The van der Waals surface area contributed by atoms with E-state index in [-0.39, 0.29) is 12.5 Å². The minimum absolute atomic E-state index is 0.117. The molecule has 7 heteroatoms. The quantitative estimate of drug-likeness (QED) is 0.727. The maximum absolute atomic E-state index is 11.8. The summed E-state index contributed by atoms with van der Waals surface area (Å²) < 4.78 is 6.64. The zero-order valence-corrected chi connectivity index (χ0v) is 13.1. The maximum atomic E-state index is 11.8. The fourth-order valence-corrected chi connectivity index (χ4v) is 2.02. The van der Waals surface area contributed by atoms with E-state index in [9.17, 15) is 4.79 Å². The molecule has 6 nitrogen and oxygen atoms in total. The van der Waals surface area contributed by atoms with Gasteiger partial charge in [-0.25, -0.2) is 4.68 Å². The van der Waals surface area contributed by atoms with Crippen LogP contribution in [0.3, 0.4) is 0 Å². The molecule has 0 saturated heterocycles. The lowest BCUT2D eigenvalue weighted by Crippen LogP contribution is -2.31. The van der Waals surface area contributed by atoms with Gasteiger partial charge in [0.2, 0.25) is 5.91 Å². The molecule has 2 N–H and O–H groups in total. The van der Waals surface area contributed by atoms with Gasteiger partial charge >= 0.3 is 0 Å². The Kier molecular flexibility index (Phi) is 6.39. The fraction of sp³-hybridized carbons (Fsp3) is 0.333. The molecule has 0 atom stereocenters. The topological polar surface area (TPSA) is 68.2 Å². The molecule has 0 fully saturated rings. The van der Waals surface area contributed by atoms with Crippen molar-refractivity contribution in [1.29, 1.82) is 0 Å². The van der Waals surface area contributed by atoms with Crippen molar-refractivity contribution >= 4 is 23.3 Å². The Balaban J connectivity index is 1.89. The normalized spacial score (nSPS) is 10.6. The Bertz CT molecular complexity index is 598. The molecule has 118 valence electrons. The molecular weight excluding hydrogens is 304 g/mol. The summed E-state index contributed by atoms with van der Waals surface area (Å²) in [4.78, 5) is 11.8. The summed E-state index contributed by atoms with van der Waals surface area (Å²) in [7, 11) is 1.62. The largest absolute Gasteiger partial charge is 0.383 e. The fourth-order valence-electron chi connectivity index (χ4n) is 1.89.